The quantitative estimate of drug-likeness (QED) is 0.809. The minimum absolute atomic E-state index is 0.0854. The van der Waals surface area contributed by atoms with E-state index in [1.54, 1.807) is 11.3 Å². The van der Waals surface area contributed by atoms with Crippen molar-refractivity contribution in [2.24, 2.45) is 0 Å². The lowest BCUT2D eigenvalue weighted by Crippen LogP contribution is -2.33. The van der Waals surface area contributed by atoms with Gasteiger partial charge in [-0.2, -0.15) is 0 Å². The zero-order valence-corrected chi connectivity index (χ0v) is 10.9. The Labute approximate surface area is 98.7 Å². The molecule has 1 N–H and O–H groups in total. The maximum Gasteiger partial charge on any atom is 0.230 e. The fourth-order valence-electron chi connectivity index (χ4n) is 0.945. The Morgan fingerprint density at radius 3 is 3.00 bits per heavy atom. The van der Waals surface area contributed by atoms with E-state index in [9.17, 15) is 4.79 Å². The average Bonchev–Trinajstić information content (AvgIpc) is 2.61. The Balaban J connectivity index is 2.28. The first-order valence-corrected chi connectivity index (χ1v) is 6.82. The molecule has 1 rings (SSSR count). The largest absolute Gasteiger partial charge is 0.353 e. The highest BCUT2D eigenvalue weighted by atomic mass is 32.2. The first kappa shape index (κ1) is 12.5. The molecule has 0 radical (unpaired) electrons. The fraction of sp³-hybridized carbons (Fsp3) is 0.600. The van der Waals surface area contributed by atoms with Crippen LogP contribution < -0.4 is 5.32 Å². The lowest BCUT2D eigenvalue weighted by molar-refractivity contribution is -0.119. The molecule has 0 aliphatic rings. The molecule has 0 fully saturated rings. The van der Waals surface area contributed by atoms with Gasteiger partial charge in [-0.3, -0.25) is 4.79 Å². The van der Waals surface area contributed by atoms with E-state index in [4.69, 9.17) is 0 Å². The first-order valence-electron chi connectivity index (χ1n) is 4.96. The van der Waals surface area contributed by atoms with Crippen LogP contribution in [0.2, 0.25) is 0 Å². The van der Waals surface area contributed by atoms with Crippen molar-refractivity contribution in [3.63, 3.8) is 0 Å². The monoisotopic (exact) mass is 244 g/mol. The molecule has 1 amide bonds. The van der Waals surface area contributed by atoms with Crippen molar-refractivity contribution in [2.75, 3.05) is 5.75 Å². The number of carbonyl (C=O) groups is 1. The van der Waals surface area contributed by atoms with Crippen LogP contribution in [0.5, 0.6) is 0 Å². The lowest BCUT2D eigenvalue weighted by Gasteiger charge is -2.10. The van der Waals surface area contributed by atoms with Gasteiger partial charge in [0.2, 0.25) is 5.91 Å². The average molecular weight is 244 g/mol. The van der Waals surface area contributed by atoms with Crippen LogP contribution in [0, 0.1) is 6.92 Å². The predicted molar refractivity (Wildman–Crippen MR) is 65.5 cm³/mol. The van der Waals surface area contributed by atoms with Crippen LogP contribution >= 0.6 is 23.1 Å². The topological polar surface area (TPSA) is 42.0 Å². The molecule has 0 aromatic carbocycles. The minimum Gasteiger partial charge on any atom is -0.353 e. The first-order chi connectivity index (χ1) is 7.11. The summed E-state index contributed by atoms with van der Waals surface area (Å²) in [6.07, 6.45) is 0.965. The van der Waals surface area contributed by atoms with Crippen LogP contribution in [0.1, 0.15) is 26.0 Å². The number of amides is 1. The summed E-state index contributed by atoms with van der Waals surface area (Å²) in [7, 11) is 0. The molecule has 0 saturated carbocycles. The van der Waals surface area contributed by atoms with Crippen molar-refractivity contribution in [1.29, 1.82) is 0 Å². The normalized spacial score (nSPS) is 12.5. The van der Waals surface area contributed by atoms with Crippen molar-refractivity contribution >= 4 is 29.0 Å². The molecule has 84 valence electrons. The second-order valence-corrected chi connectivity index (χ2v) is 5.50. The number of hydrogen-bond acceptors (Lipinski definition) is 4. The number of rotatable bonds is 5. The van der Waals surface area contributed by atoms with Crippen molar-refractivity contribution in [3.8, 4) is 0 Å². The van der Waals surface area contributed by atoms with Gasteiger partial charge in [-0.15, -0.1) is 11.3 Å². The number of thiazole rings is 1. The number of thioether (sulfide) groups is 1. The van der Waals surface area contributed by atoms with Gasteiger partial charge in [0.15, 0.2) is 4.34 Å². The fourth-order valence-corrected chi connectivity index (χ4v) is 2.61. The smallest absolute Gasteiger partial charge is 0.230 e. The van der Waals surface area contributed by atoms with Crippen molar-refractivity contribution < 1.29 is 4.79 Å². The van der Waals surface area contributed by atoms with Crippen LogP contribution in [0.15, 0.2) is 9.72 Å². The molecule has 1 unspecified atom stereocenters. The molecule has 1 aromatic heterocycles. The molecular weight excluding hydrogens is 228 g/mol. The zero-order chi connectivity index (χ0) is 11.3. The standard InChI is InChI=1S/C10H16N2OS2/c1-4-7(2)11-9(13)6-15-10-12-8(3)5-14-10/h5,7H,4,6H2,1-3H3,(H,11,13). The van der Waals surface area contributed by atoms with Crippen molar-refractivity contribution in [1.82, 2.24) is 10.3 Å². The highest BCUT2D eigenvalue weighted by molar-refractivity contribution is 8.01. The molecular formula is C10H16N2OS2. The summed E-state index contributed by atoms with van der Waals surface area (Å²) in [6, 6.07) is 0.260. The third-order valence-corrected chi connectivity index (χ3v) is 4.08. The summed E-state index contributed by atoms with van der Waals surface area (Å²) in [5.41, 5.74) is 1.02. The van der Waals surface area contributed by atoms with Gasteiger partial charge in [0.25, 0.3) is 0 Å². The number of carbonyl (C=O) groups excluding carboxylic acids is 1. The maximum absolute atomic E-state index is 11.4. The number of aromatic nitrogens is 1. The highest BCUT2D eigenvalue weighted by Crippen LogP contribution is 2.21. The van der Waals surface area contributed by atoms with Crippen LogP contribution in [0.25, 0.3) is 0 Å². The van der Waals surface area contributed by atoms with Crippen LogP contribution in [-0.4, -0.2) is 22.7 Å². The third kappa shape index (κ3) is 4.66. The second kappa shape index (κ2) is 6.12. The van der Waals surface area contributed by atoms with Crippen LogP contribution in [0.4, 0.5) is 0 Å². The van der Waals surface area contributed by atoms with Gasteiger partial charge in [-0.05, 0) is 20.3 Å². The van der Waals surface area contributed by atoms with E-state index in [1.165, 1.54) is 11.8 Å². The molecule has 0 saturated heterocycles. The zero-order valence-electron chi connectivity index (χ0n) is 9.24. The Morgan fingerprint density at radius 2 is 2.47 bits per heavy atom. The summed E-state index contributed by atoms with van der Waals surface area (Å²) in [5.74, 6) is 0.541. The Hall–Kier alpha value is -0.550. The number of hydrogen-bond donors (Lipinski definition) is 1. The SMILES string of the molecule is CCC(C)NC(=O)CSc1nc(C)cs1. The van der Waals surface area contributed by atoms with Crippen LogP contribution in [0.3, 0.4) is 0 Å². The summed E-state index contributed by atoms with van der Waals surface area (Å²) >= 11 is 3.09. The van der Waals surface area contributed by atoms with E-state index in [0.717, 1.165) is 16.5 Å². The maximum atomic E-state index is 11.4. The lowest BCUT2D eigenvalue weighted by atomic mass is 10.3. The second-order valence-electron chi connectivity index (χ2n) is 3.42. The van der Waals surface area contributed by atoms with E-state index < -0.39 is 0 Å². The van der Waals surface area contributed by atoms with Gasteiger partial charge < -0.3 is 5.32 Å². The molecule has 0 aliphatic heterocycles. The number of nitrogens with zero attached hydrogens (tertiary/aromatic N) is 1. The number of aryl methyl sites for hydroxylation is 1. The van der Waals surface area contributed by atoms with E-state index in [-0.39, 0.29) is 11.9 Å². The van der Waals surface area contributed by atoms with Crippen molar-refractivity contribution in [2.45, 2.75) is 37.6 Å². The van der Waals surface area contributed by atoms with Crippen LogP contribution in [-0.2, 0) is 4.79 Å². The van der Waals surface area contributed by atoms with E-state index in [1.807, 2.05) is 19.2 Å². The van der Waals surface area contributed by atoms with E-state index >= 15 is 0 Å². The Morgan fingerprint density at radius 1 is 1.73 bits per heavy atom. The van der Waals surface area contributed by atoms with Gasteiger partial charge >= 0.3 is 0 Å². The van der Waals surface area contributed by atoms with Gasteiger partial charge in [0.1, 0.15) is 0 Å². The molecule has 5 heteroatoms. The van der Waals surface area contributed by atoms with Gasteiger partial charge in [-0.1, -0.05) is 18.7 Å². The minimum atomic E-state index is 0.0854. The highest BCUT2D eigenvalue weighted by Gasteiger charge is 2.07. The molecule has 15 heavy (non-hydrogen) atoms. The van der Waals surface area contributed by atoms with Gasteiger partial charge in [0, 0.05) is 17.1 Å². The molecule has 0 bridgehead atoms. The summed E-state index contributed by atoms with van der Waals surface area (Å²) in [4.78, 5) is 15.7. The predicted octanol–water partition coefficient (Wildman–Crippen LogP) is 2.46. The van der Waals surface area contributed by atoms with Gasteiger partial charge in [-0.25, -0.2) is 4.98 Å². The molecule has 1 heterocycles. The van der Waals surface area contributed by atoms with E-state index in [0.29, 0.717) is 5.75 Å². The molecule has 3 nitrogen and oxygen atoms in total. The summed E-state index contributed by atoms with van der Waals surface area (Å²) < 4.78 is 0.965. The molecule has 0 aliphatic carbocycles. The van der Waals surface area contributed by atoms with Gasteiger partial charge in [0.05, 0.1) is 5.75 Å². The molecule has 0 spiro atoms. The van der Waals surface area contributed by atoms with E-state index in [2.05, 4.69) is 17.2 Å². The summed E-state index contributed by atoms with van der Waals surface area (Å²) in [6.45, 7) is 6.03. The summed E-state index contributed by atoms with van der Waals surface area (Å²) in [5, 5.41) is 4.92. The molecule has 1 aromatic rings. The molecule has 1 atom stereocenters. The number of nitrogens with one attached hydrogen (secondary N) is 1. The van der Waals surface area contributed by atoms with Crippen molar-refractivity contribution in [3.05, 3.63) is 11.1 Å². The Kier molecular flexibility index (Phi) is 5.11. The third-order valence-electron chi connectivity index (χ3n) is 1.94. The Bertz CT molecular complexity index is 325.